The van der Waals surface area contributed by atoms with Crippen LogP contribution in [0, 0.1) is 0 Å². The summed E-state index contributed by atoms with van der Waals surface area (Å²) in [6, 6.07) is 80.7. The van der Waals surface area contributed by atoms with Crippen LogP contribution in [0.4, 0.5) is 17.1 Å². The Morgan fingerprint density at radius 1 is 0.310 bits per heavy atom. The lowest BCUT2D eigenvalue weighted by atomic mass is 9.95. The lowest BCUT2D eigenvalue weighted by Crippen LogP contribution is -2.11. The molecular weight excluding hydrogens is 703 g/mol. The van der Waals surface area contributed by atoms with Crippen LogP contribution in [0.1, 0.15) is 0 Å². The molecule has 58 heavy (non-hydrogen) atoms. The largest absolute Gasteiger partial charge is 0.455 e. The maximum atomic E-state index is 6.88. The summed E-state index contributed by atoms with van der Waals surface area (Å²) in [5.74, 6) is 0. The molecule has 11 aromatic rings. The number of hydrogen-bond acceptors (Lipinski definition) is 2. The summed E-state index contributed by atoms with van der Waals surface area (Å²) < 4.78 is 6.88. The van der Waals surface area contributed by atoms with Gasteiger partial charge in [-0.15, -0.1) is 0 Å². The minimum Gasteiger partial charge on any atom is -0.455 e. The van der Waals surface area contributed by atoms with Crippen molar-refractivity contribution < 1.29 is 4.42 Å². The molecule has 0 aliphatic heterocycles. The van der Waals surface area contributed by atoms with E-state index in [0.29, 0.717) is 0 Å². The SMILES string of the molecule is c1ccc(-c2cccc(-c3ccccc3N(c3ccc(-c4ccc5ccccc5c4)cc3)c3ccc(-c4ccc5ccccc5c4)c4oc5ccccc5c34)c2)cc1. The summed E-state index contributed by atoms with van der Waals surface area (Å²) in [6.07, 6.45) is 0. The number of hydrogen-bond donors (Lipinski definition) is 0. The molecule has 0 N–H and O–H groups in total. The van der Waals surface area contributed by atoms with E-state index in [-0.39, 0.29) is 0 Å². The van der Waals surface area contributed by atoms with Crippen molar-refractivity contribution in [1.82, 2.24) is 0 Å². The zero-order valence-corrected chi connectivity index (χ0v) is 31.7. The normalized spacial score (nSPS) is 11.4. The van der Waals surface area contributed by atoms with E-state index in [1.165, 1.54) is 43.8 Å². The number of nitrogens with zero attached hydrogens (tertiary/aromatic N) is 1. The molecule has 2 heteroatoms. The summed E-state index contributed by atoms with van der Waals surface area (Å²) in [6.45, 7) is 0. The van der Waals surface area contributed by atoms with Gasteiger partial charge in [0.1, 0.15) is 11.2 Å². The van der Waals surface area contributed by atoms with E-state index >= 15 is 0 Å². The second-order valence-corrected chi connectivity index (χ2v) is 14.9. The Labute approximate surface area is 337 Å². The second-order valence-electron chi connectivity index (χ2n) is 14.9. The highest BCUT2D eigenvalue weighted by molar-refractivity contribution is 6.17. The third-order valence-electron chi connectivity index (χ3n) is 11.4. The number of benzene rings is 10. The Morgan fingerprint density at radius 3 is 1.66 bits per heavy atom. The van der Waals surface area contributed by atoms with Crippen LogP contribution in [0.15, 0.2) is 229 Å². The van der Waals surface area contributed by atoms with Gasteiger partial charge in [0.15, 0.2) is 0 Å². The first-order valence-electron chi connectivity index (χ1n) is 19.8. The van der Waals surface area contributed by atoms with Crippen LogP contribution in [-0.4, -0.2) is 0 Å². The van der Waals surface area contributed by atoms with Crippen molar-refractivity contribution in [2.24, 2.45) is 0 Å². The Hall–Kier alpha value is -7.68. The van der Waals surface area contributed by atoms with Crippen LogP contribution in [0.3, 0.4) is 0 Å². The summed E-state index contributed by atoms with van der Waals surface area (Å²) in [5.41, 5.74) is 14.1. The Morgan fingerprint density at radius 2 is 0.862 bits per heavy atom. The molecule has 0 aliphatic rings. The highest BCUT2D eigenvalue weighted by atomic mass is 16.3. The molecule has 0 saturated carbocycles. The maximum absolute atomic E-state index is 6.88. The van der Waals surface area contributed by atoms with Gasteiger partial charge >= 0.3 is 0 Å². The minimum absolute atomic E-state index is 0.863. The first-order chi connectivity index (χ1) is 28.7. The molecule has 11 rings (SSSR count). The van der Waals surface area contributed by atoms with Gasteiger partial charge in [-0.1, -0.05) is 170 Å². The highest BCUT2D eigenvalue weighted by Gasteiger charge is 2.24. The third-order valence-corrected chi connectivity index (χ3v) is 11.4. The standard InChI is InChI=1S/C56H37NO/c1-2-13-38(14-3-1)44-19-12-20-46(36-44)49-21-8-10-23-52(49)57(48-31-29-41(30-32-48)45-27-25-39-15-4-6-17-42(39)35-45)53-34-33-50(47-28-26-40-16-5-7-18-43(40)37-47)56-55(53)51-22-9-11-24-54(51)58-56/h1-37H. The molecule has 272 valence electrons. The monoisotopic (exact) mass is 739 g/mol. The van der Waals surface area contributed by atoms with Crippen LogP contribution >= 0.6 is 0 Å². The number of anilines is 3. The van der Waals surface area contributed by atoms with Gasteiger partial charge in [0.05, 0.1) is 16.8 Å². The molecule has 0 aliphatic carbocycles. The summed E-state index contributed by atoms with van der Waals surface area (Å²) in [5, 5.41) is 7.05. The van der Waals surface area contributed by atoms with Gasteiger partial charge in [-0.05, 0) is 110 Å². The van der Waals surface area contributed by atoms with Gasteiger partial charge in [-0.2, -0.15) is 0 Å². The average molecular weight is 740 g/mol. The first-order valence-corrected chi connectivity index (χ1v) is 19.8. The topological polar surface area (TPSA) is 16.4 Å². The zero-order valence-electron chi connectivity index (χ0n) is 31.7. The van der Waals surface area contributed by atoms with Crippen molar-refractivity contribution in [2.75, 3.05) is 4.90 Å². The number of para-hydroxylation sites is 2. The fourth-order valence-electron chi connectivity index (χ4n) is 8.57. The Kier molecular flexibility index (Phi) is 8.19. The van der Waals surface area contributed by atoms with Crippen LogP contribution in [-0.2, 0) is 0 Å². The molecule has 0 saturated heterocycles. The molecule has 0 radical (unpaired) electrons. The van der Waals surface area contributed by atoms with Gasteiger partial charge in [-0.25, -0.2) is 0 Å². The van der Waals surface area contributed by atoms with E-state index < -0.39 is 0 Å². The molecule has 0 spiro atoms. The number of furan rings is 1. The van der Waals surface area contributed by atoms with Crippen molar-refractivity contribution >= 4 is 60.5 Å². The smallest absolute Gasteiger partial charge is 0.145 e. The summed E-state index contributed by atoms with van der Waals surface area (Å²) in [7, 11) is 0. The predicted molar refractivity (Wildman–Crippen MR) is 245 cm³/mol. The zero-order chi connectivity index (χ0) is 38.4. The number of rotatable bonds is 7. The summed E-state index contributed by atoms with van der Waals surface area (Å²) in [4.78, 5) is 2.42. The van der Waals surface area contributed by atoms with Crippen molar-refractivity contribution in [3.63, 3.8) is 0 Å². The van der Waals surface area contributed by atoms with Crippen LogP contribution < -0.4 is 4.90 Å². The maximum Gasteiger partial charge on any atom is 0.145 e. The average Bonchev–Trinajstić information content (AvgIpc) is 3.70. The van der Waals surface area contributed by atoms with E-state index in [0.717, 1.165) is 61.3 Å². The third kappa shape index (κ3) is 5.91. The van der Waals surface area contributed by atoms with Crippen molar-refractivity contribution in [2.45, 2.75) is 0 Å². The molecule has 1 aromatic heterocycles. The Balaban J connectivity index is 1.14. The van der Waals surface area contributed by atoms with Crippen molar-refractivity contribution in [3.8, 4) is 44.5 Å². The van der Waals surface area contributed by atoms with Crippen molar-refractivity contribution in [1.29, 1.82) is 0 Å². The molecule has 0 amide bonds. The van der Waals surface area contributed by atoms with Crippen molar-refractivity contribution in [3.05, 3.63) is 224 Å². The molecule has 0 unspecified atom stereocenters. The molecule has 0 bridgehead atoms. The lowest BCUT2D eigenvalue weighted by molar-refractivity contribution is 0.670. The fourth-order valence-corrected chi connectivity index (χ4v) is 8.57. The lowest BCUT2D eigenvalue weighted by Gasteiger charge is -2.29. The van der Waals surface area contributed by atoms with E-state index in [9.17, 15) is 0 Å². The molecule has 10 aromatic carbocycles. The molecule has 2 nitrogen and oxygen atoms in total. The van der Waals surface area contributed by atoms with Crippen LogP contribution in [0.25, 0.3) is 88.0 Å². The summed E-state index contributed by atoms with van der Waals surface area (Å²) >= 11 is 0. The van der Waals surface area contributed by atoms with Gasteiger partial charge in [0, 0.05) is 22.2 Å². The van der Waals surface area contributed by atoms with E-state index in [2.05, 4.69) is 229 Å². The van der Waals surface area contributed by atoms with E-state index in [1.54, 1.807) is 0 Å². The van der Waals surface area contributed by atoms with E-state index in [1.807, 2.05) is 0 Å². The van der Waals surface area contributed by atoms with Gasteiger partial charge in [0.25, 0.3) is 0 Å². The fraction of sp³-hybridized carbons (Fsp3) is 0. The Bertz CT molecular complexity index is 3290. The quantitative estimate of drug-likeness (QED) is 0.162. The highest BCUT2D eigenvalue weighted by Crippen LogP contribution is 2.48. The van der Waals surface area contributed by atoms with Gasteiger partial charge < -0.3 is 9.32 Å². The predicted octanol–water partition coefficient (Wildman–Crippen LogP) is 16.0. The molecule has 0 fully saturated rings. The van der Waals surface area contributed by atoms with E-state index in [4.69, 9.17) is 4.42 Å². The van der Waals surface area contributed by atoms with Gasteiger partial charge in [-0.3, -0.25) is 0 Å². The minimum atomic E-state index is 0.863. The number of fused-ring (bicyclic) bond motifs is 5. The van der Waals surface area contributed by atoms with Crippen LogP contribution in [0.2, 0.25) is 0 Å². The molecule has 0 atom stereocenters. The molecule has 1 heterocycles. The van der Waals surface area contributed by atoms with Crippen LogP contribution in [0.5, 0.6) is 0 Å². The van der Waals surface area contributed by atoms with Gasteiger partial charge in [0.2, 0.25) is 0 Å². The first kappa shape index (κ1) is 33.6. The second kappa shape index (κ2) is 14.1. The molecular formula is C56H37NO.